The molecule has 0 aromatic heterocycles. The summed E-state index contributed by atoms with van der Waals surface area (Å²) in [7, 11) is 0. The van der Waals surface area contributed by atoms with Gasteiger partial charge in [0.15, 0.2) is 0 Å². The molecule has 2 fully saturated rings. The van der Waals surface area contributed by atoms with Crippen LogP contribution in [0.15, 0.2) is 0 Å². The molecule has 16 heavy (non-hydrogen) atoms. The van der Waals surface area contributed by atoms with E-state index in [-0.39, 0.29) is 11.3 Å². The molecule has 3 heteroatoms. The number of nitrogens with one attached hydrogen (secondary N) is 1. The predicted octanol–water partition coefficient (Wildman–Crippen LogP) is 2.78. The first-order valence-corrected chi connectivity index (χ1v) is 7.19. The van der Waals surface area contributed by atoms with E-state index < -0.39 is 0 Å². The van der Waals surface area contributed by atoms with Gasteiger partial charge in [-0.25, -0.2) is 0 Å². The molecule has 0 aliphatic heterocycles. The minimum atomic E-state index is 0.255. The molecule has 2 rings (SSSR count). The summed E-state index contributed by atoms with van der Waals surface area (Å²) in [4.78, 5) is 11.9. The van der Waals surface area contributed by atoms with Gasteiger partial charge in [-0.05, 0) is 42.8 Å². The van der Waals surface area contributed by atoms with Crippen LogP contribution in [-0.2, 0) is 4.79 Å². The summed E-state index contributed by atoms with van der Waals surface area (Å²) < 4.78 is 0. The van der Waals surface area contributed by atoms with Gasteiger partial charge in [-0.3, -0.25) is 4.79 Å². The Kier molecular flexibility index (Phi) is 3.83. The van der Waals surface area contributed by atoms with Crippen LogP contribution in [0.3, 0.4) is 0 Å². The highest BCUT2D eigenvalue weighted by Gasteiger charge is 2.43. The summed E-state index contributed by atoms with van der Waals surface area (Å²) in [6, 6.07) is 0.428. The monoisotopic (exact) mass is 241 g/mol. The van der Waals surface area contributed by atoms with Crippen molar-refractivity contribution in [2.75, 3.05) is 5.75 Å². The number of amides is 1. The number of carbonyl (C=O) groups excluding carboxylic acids is 1. The van der Waals surface area contributed by atoms with E-state index in [0.717, 1.165) is 5.75 Å². The minimum Gasteiger partial charge on any atom is -0.353 e. The van der Waals surface area contributed by atoms with Crippen LogP contribution < -0.4 is 5.32 Å². The molecular formula is C13H23NOS. The molecule has 2 aliphatic rings. The Hall–Kier alpha value is -0.180. The van der Waals surface area contributed by atoms with Gasteiger partial charge >= 0.3 is 0 Å². The van der Waals surface area contributed by atoms with Gasteiger partial charge in [0.1, 0.15) is 0 Å². The van der Waals surface area contributed by atoms with Crippen LogP contribution in [0.4, 0.5) is 0 Å². The first-order chi connectivity index (χ1) is 7.65. The van der Waals surface area contributed by atoms with Crippen LogP contribution in [0.25, 0.3) is 0 Å². The quantitative estimate of drug-likeness (QED) is 0.728. The molecule has 0 radical (unpaired) electrons. The third-order valence-electron chi connectivity index (χ3n) is 4.29. The van der Waals surface area contributed by atoms with E-state index >= 15 is 0 Å². The van der Waals surface area contributed by atoms with E-state index in [0.29, 0.717) is 18.4 Å². The van der Waals surface area contributed by atoms with Gasteiger partial charge in [0.2, 0.25) is 5.91 Å². The fraction of sp³-hybridized carbons (Fsp3) is 0.923. The normalized spacial score (nSPS) is 32.1. The van der Waals surface area contributed by atoms with Gasteiger partial charge in [0, 0.05) is 12.5 Å². The summed E-state index contributed by atoms with van der Waals surface area (Å²) >= 11 is 4.34. The number of hydrogen-bond donors (Lipinski definition) is 2. The third-order valence-corrected chi connectivity index (χ3v) is 4.96. The summed E-state index contributed by atoms with van der Waals surface area (Å²) in [5.41, 5.74) is 0.255. The summed E-state index contributed by atoms with van der Waals surface area (Å²) in [5, 5.41) is 3.23. The molecule has 92 valence electrons. The van der Waals surface area contributed by atoms with E-state index in [1.807, 2.05) is 0 Å². The van der Waals surface area contributed by atoms with Crippen molar-refractivity contribution in [3.05, 3.63) is 0 Å². The molecular weight excluding hydrogens is 218 g/mol. The lowest BCUT2D eigenvalue weighted by atomic mass is 9.85. The second-order valence-electron chi connectivity index (χ2n) is 5.77. The Labute approximate surface area is 104 Å². The molecule has 0 bridgehead atoms. The maximum Gasteiger partial charge on any atom is 0.220 e. The molecule has 0 spiro atoms. The number of hydrogen-bond acceptors (Lipinski definition) is 2. The van der Waals surface area contributed by atoms with Crippen LogP contribution >= 0.6 is 12.6 Å². The van der Waals surface area contributed by atoms with Crippen molar-refractivity contribution in [3.8, 4) is 0 Å². The van der Waals surface area contributed by atoms with E-state index in [4.69, 9.17) is 0 Å². The van der Waals surface area contributed by atoms with E-state index in [1.165, 1.54) is 38.5 Å². The number of carbonyl (C=O) groups is 1. The van der Waals surface area contributed by atoms with Crippen molar-refractivity contribution in [1.82, 2.24) is 5.32 Å². The van der Waals surface area contributed by atoms with Gasteiger partial charge in [0.05, 0.1) is 0 Å². The van der Waals surface area contributed by atoms with Crippen LogP contribution in [0, 0.1) is 11.3 Å². The third kappa shape index (κ3) is 2.93. The Balaban J connectivity index is 1.78. The second kappa shape index (κ2) is 4.99. The van der Waals surface area contributed by atoms with E-state index in [9.17, 15) is 4.79 Å². The van der Waals surface area contributed by atoms with Crippen molar-refractivity contribution < 1.29 is 4.79 Å². The molecule has 2 nitrogen and oxygen atoms in total. The zero-order valence-electron chi connectivity index (χ0n) is 10.2. The van der Waals surface area contributed by atoms with Gasteiger partial charge in [-0.1, -0.05) is 19.8 Å². The largest absolute Gasteiger partial charge is 0.353 e. The standard InChI is InChI=1S/C13H23NOS/c1-10-4-2-3-5-11(10)14-12(15)8-13(9-16)6-7-13/h10-11,16H,2-9H2,1H3,(H,14,15). The highest BCUT2D eigenvalue weighted by atomic mass is 32.1. The van der Waals surface area contributed by atoms with Gasteiger partial charge in [-0.15, -0.1) is 0 Å². The fourth-order valence-electron chi connectivity index (χ4n) is 2.70. The SMILES string of the molecule is CC1CCCCC1NC(=O)CC1(CS)CC1. The van der Waals surface area contributed by atoms with Gasteiger partial charge < -0.3 is 5.32 Å². The number of thiol groups is 1. The average Bonchev–Trinajstić information content (AvgIpc) is 3.02. The van der Waals surface area contributed by atoms with Crippen molar-refractivity contribution >= 4 is 18.5 Å². The van der Waals surface area contributed by atoms with Crippen molar-refractivity contribution in [1.29, 1.82) is 0 Å². The summed E-state index contributed by atoms with van der Waals surface area (Å²) in [5.74, 6) is 1.77. The zero-order chi connectivity index (χ0) is 11.6. The molecule has 1 amide bonds. The molecule has 0 heterocycles. The molecule has 0 aromatic rings. The first kappa shape index (κ1) is 12.3. The van der Waals surface area contributed by atoms with Crippen molar-refractivity contribution in [3.63, 3.8) is 0 Å². The van der Waals surface area contributed by atoms with Crippen molar-refractivity contribution in [2.24, 2.45) is 11.3 Å². The molecule has 2 saturated carbocycles. The van der Waals surface area contributed by atoms with E-state index in [2.05, 4.69) is 24.9 Å². The van der Waals surface area contributed by atoms with Crippen molar-refractivity contribution in [2.45, 2.75) is 57.9 Å². The maximum absolute atomic E-state index is 11.9. The first-order valence-electron chi connectivity index (χ1n) is 6.55. The Morgan fingerprint density at radius 3 is 2.62 bits per heavy atom. The average molecular weight is 241 g/mol. The lowest BCUT2D eigenvalue weighted by Crippen LogP contribution is -2.41. The molecule has 0 aromatic carbocycles. The topological polar surface area (TPSA) is 29.1 Å². The van der Waals surface area contributed by atoms with Crippen LogP contribution in [-0.4, -0.2) is 17.7 Å². The van der Waals surface area contributed by atoms with Crippen LogP contribution in [0.2, 0.25) is 0 Å². The smallest absolute Gasteiger partial charge is 0.220 e. The molecule has 1 N–H and O–H groups in total. The molecule has 0 saturated heterocycles. The fourth-order valence-corrected chi connectivity index (χ4v) is 3.12. The van der Waals surface area contributed by atoms with E-state index in [1.54, 1.807) is 0 Å². The predicted molar refractivity (Wildman–Crippen MR) is 69.7 cm³/mol. The molecule has 2 unspecified atom stereocenters. The lowest BCUT2D eigenvalue weighted by Gasteiger charge is -2.30. The zero-order valence-corrected chi connectivity index (χ0v) is 11.1. The maximum atomic E-state index is 11.9. The minimum absolute atomic E-state index is 0.255. The Morgan fingerprint density at radius 1 is 1.38 bits per heavy atom. The second-order valence-corrected chi connectivity index (χ2v) is 6.09. The highest BCUT2D eigenvalue weighted by molar-refractivity contribution is 7.80. The number of rotatable bonds is 4. The van der Waals surface area contributed by atoms with Crippen LogP contribution in [0.5, 0.6) is 0 Å². The molecule has 2 atom stereocenters. The summed E-state index contributed by atoms with van der Waals surface area (Å²) in [6.07, 6.45) is 8.10. The Morgan fingerprint density at radius 2 is 2.06 bits per heavy atom. The molecule has 2 aliphatic carbocycles. The lowest BCUT2D eigenvalue weighted by molar-refractivity contribution is -0.123. The summed E-state index contributed by atoms with van der Waals surface area (Å²) in [6.45, 7) is 2.26. The van der Waals surface area contributed by atoms with Crippen LogP contribution in [0.1, 0.15) is 51.9 Å². The Bertz CT molecular complexity index is 263. The van der Waals surface area contributed by atoms with Gasteiger partial charge in [-0.2, -0.15) is 12.6 Å². The highest BCUT2D eigenvalue weighted by Crippen LogP contribution is 2.49. The van der Waals surface area contributed by atoms with Gasteiger partial charge in [0.25, 0.3) is 0 Å².